The van der Waals surface area contributed by atoms with E-state index in [4.69, 9.17) is 0 Å². The Morgan fingerprint density at radius 3 is 2.62 bits per heavy atom. The summed E-state index contributed by atoms with van der Waals surface area (Å²) in [5.74, 6) is 0. The Hall–Kier alpha value is -1.62. The van der Waals surface area contributed by atoms with E-state index in [0.717, 1.165) is 31.3 Å². The molecule has 2 heterocycles. The first-order valence-electron chi connectivity index (χ1n) is 6.65. The third kappa shape index (κ3) is 2.11. The van der Waals surface area contributed by atoms with Crippen molar-refractivity contribution in [2.75, 3.05) is 0 Å². The van der Waals surface area contributed by atoms with Crippen molar-refractivity contribution in [1.82, 2.24) is 4.98 Å². The number of H-pyrrole nitrogens is 1. The van der Waals surface area contributed by atoms with Gasteiger partial charge in [-0.25, -0.2) is 0 Å². The molecule has 0 fully saturated rings. The van der Waals surface area contributed by atoms with Gasteiger partial charge in [-0.3, -0.25) is 0 Å². The second-order valence-corrected chi connectivity index (χ2v) is 6.81. The van der Waals surface area contributed by atoms with Crippen LogP contribution in [-0.4, -0.2) is 10.1 Å². The van der Waals surface area contributed by atoms with Crippen LogP contribution in [-0.2, 0) is 0 Å². The molecule has 0 radical (unpaired) electrons. The number of benzene rings is 2. The Bertz CT molecular complexity index is 940. The summed E-state index contributed by atoms with van der Waals surface area (Å²) in [6.45, 7) is 0. The van der Waals surface area contributed by atoms with Gasteiger partial charge >= 0.3 is 0 Å². The number of hydrogen-bond donors (Lipinski definition) is 2. The van der Waals surface area contributed by atoms with E-state index in [9.17, 15) is 5.11 Å². The zero-order chi connectivity index (χ0) is 14.4. The van der Waals surface area contributed by atoms with Gasteiger partial charge in [0.15, 0.2) is 0 Å². The average molecular weight is 358 g/mol. The summed E-state index contributed by atoms with van der Waals surface area (Å²) >= 11 is 5.05. The lowest BCUT2D eigenvalue weighted by molar-refractivity contribution is 0.223. The van der Waals surface area contributed by atoms with Gasteiger partial charge in [-0.05, 0) is 51.1 Å². The maximum absolute atomic E-state index is 10.6. The van der Waals surface area contributed by atoms with Crippen molar-refractivity contribution in [3.8, 4) is 0 Å². The molecule has 2 aromatic carbocycles. The Kier molecular flexibility index (Phi) is 3.10. The lowest BCUT2D eigenvalue weighted by atomic mass is 10.0. The van der Waals surface area contributed by atoms with Crippen molar-refractivity contribution in [2.45, 2.75) is 6.10 Å². The van der Waals surface area contributed by atoms with Gasteiger partial charge in [0.05, 0.1) is 4.88 Å². The van der Waals surface area contributed by atoms with Crippen molar-refractivity contribution in [3.63, 3.8) is 0 Å². The van der Waals surface area contributed by atoms with Gasteiger partial charge in [-0.15, -0.1) is 11.3 Å². The summed E-state index contributed by atoms with van der Waals surface area (Å²) in [5, 5.41) is 14.9. The molecule has 4 heteroatoms. The van der Waals surface area contributed by atoms with Crippen LogP contribution < -0.4 is 0 Å². The molecular weight excluding hydrogens is 346 g/mol. The Labute approximate surface area is 134 Å². The molecule has 0 saturated heterocycles. The van der Waals surface area contributed by atoms with Crippen molar-refractivity contribution >= 4 is 49.1 Å². The molecule has 0 aliphatic rings. The first kappa shape index (κ1) is 13.1. The largest absolute Gasteiger partial charge is 0.383 e. The normalized spacial score (nSPS) is 13.0. The van der Waals surface area contributed by atoms with Crippen LogP contribution in [0, 0.1) is 0 Å². The maximum Gasteiger partial charge on any atom is 0.114 e. The highest BCUT2D eigenvalue weighted by Crippen LogP contribution is 2.35. The van der Waals surface area contributed by atoms with Gasteiger partial charge in [0.2, 0.25) is 0 Å². The number of aliphatic hydroxyl groups excluding tert-OH is 1. The number of aliphatic hydroxyl groups is 1. The number of halogens is 1. The number of para-hydroxylation sites is 1. The van der Waals surface area contributed by atoms with Crippen molar-refractivity contribution in [3.05, 3.63) is 68.8 Å². The van der Waals surface area contributed by atoms with Gasteiger partial charge in [-0.2, -0.15) is 0 Å². The number of nitrogens with one attached hydrogen (secondary N) is 1. The molecule has 0 aliphatic carbocycles. The maximum atomic E-state index is 10.6. The van der Waals surface area contributed by atoms with E-state index in [-0.39, 0.29) is 0 Å². The third-order valence-corrected chi connectivity index (χ3v) is 5.66. The summed E-state index contributed by atoms with van der Waals surface area (Å²) in [5.41, 5.74) is 3.13. The van der Waals surface area contributed by atoms with Crippen LogP contribution in [0.4, 0.5) is 0 Å². The first-order chi connectivity index (χ1) is 10.2. The van der Waals surface area contributed by atoms with E-state index < -0.39 is 6.10 Å². The standard InChI is InChI=1S/C17H12BrNOS/c18-13-7-8-21-17(13)16(20)10-5-6-15-12(9-10)11-3-1-2-4-14(11)19-15/h1-9,16,19-20H. The van der Waals surface area contributed by atoms with E-state index in [1.807, 2.05) is 35.7 Å². The number of aromatic amines is 1. The molecule has 1 atom stereocenters. The van der Waals surface area contributed by atoms with Gasteiger partial charge in [0.25, 0.3) is 0 Å². The molecule has 2 aromatic heterocycles. The summed E-state index contributed by atoms with van der Waals surface area (Å²) in [6.07, 6.45) is -0.600. The fraction of sp³-hybridized carbons (Fsp3) is 0.0588. The van der Waals surface area contributed by atoms with Crippen LogP contribution in [0.3, 0.4) is 0 Å². The van der Waals surface area contributed by atoms with E-state index in [2.05, 4.69) is 39.1 Å². The highest BCUT2D eigenvalue weighted by molar-refractivity contribution is 9.10. The van der Waals surface area contributed by atoms with Crippen LogP contribution in [0.1, 0.15) is 16.5 Å². The number of aromatic nitrogens is 1. The third-order valence-electron chi connectivity index (χ3n) is 3.74. The smallest absolute Gasteiger partial charge is 0.114 e. The minimum absolute atomic E-state index is 0.600. The lowest BCUT2D eigenvalue weighted by Crippen LogP contribution is -1.97. The van der Waals surface area contributed by atoms with Gasteiger partial charge in [0.1, 0.15) is 6.10 Å². The summed E-state index contributed by atoms with van der Waals surface area (Å²) in [4.78, 5) is 4.34. The zero-order valence-corrected chi connectivity index (χ0v) is 13.4. The molecule has 0 amide bonds. The summed E-state index contributed by atoms with van der Waals surface area (Å²) in [7, 11) is 0. The van der Waals surface area contributed by atoms with Crippen LogP contribution in [0.15, 0.2) is 58.4 Å². The van der Waals surface area contributed by atoms with Crippen molar-refractivity contribution < 1.29 is 5.11 Å². The van der Waals surface area contributed by atoms with Crippen LogP contribution in [0.25, 0.3) is 21.8 Å². The van der Waals surface area contributed by atoms with Crippen molar-refractivity contribution in [2.24, 2.45) is 0 Å². The number of hydrogen-bond acceptors (Lipinski definition) is 2. The highest BCUT2D eigenvalue weighted by atomic mass is 79.9. The minimum atomic E-state index is -0.600. The average Bonchev–Trinajstić information content (AvgIpc) is 3.09. The van der Waals surface area contributed by atoms with Gasteiger partial charge in [0, 0.05) is 26.3 Å². The van der Waals surface area contributed by atoms with E-state index in [1.54, 1.807) is 11.3 Å². The van der Waals surface area contributed by atoms with Crippen LogP contribution >= 0.6 is 27.3 Å². The highest BCUT2D eigenvalue weighted by Gasteiger charge is 2.16. The quantitative estimate of drug-likeness (QED) is 0.506. The van der Waals surface area contributed by atoms with Crippen molar-refractivity contribution in [1.29, 1.82) is 0 Å². The van der Waals surface area contributed by atoms with E-state index in [0.29, 0.717) is 0 Å². The zero-order valence-electron chi connectivity index (χ0n) is 11.0. The van der Waals surface area contributed by atoms with Gasteiger partial charge in [-0.1, -0.05) is 24.3 Å². The van der Waals surface area contributed by atoms with Crippen LogP contribution in [0.2, 0.25) is 0 Å². The molecule has 21 heavy (non-hydrogen) atoms. The van der Waals surface area contributed by atoms with Gasteiger partial charge < -0.3 is 10.1 Å². The monoisotopic (exact) mass is 357 g/mol. The minimum Gasteiger partial charge on any atom is -0.383 e. The molecule has 104 valence electrons. The van der Waals surface area contributed by atoms with E-state index >= 15 is 0 Å². The molecule has 0 spiro atoms. The molecule has 4 aromatic rings. The predicted molar refractivity (Wildman–Crippen MR) is 91.9 cm³/mol. The Balaban J connectivity index is 1.90. The fourth-order valence-corrected chi connectivity index (χ4v) is 4.29. The summed E-state index contributed by atoms with van der Waals surface area (Å²) in [6, 6.07) is 16.3. The molecular formula is C17H12BrNOS. The lowest BCUT2D eigenvalue weighted by Gasteiger charge is -2.10. The number of thiophene rings is 1. The second-order valence-electron chi connectivity index (χ2n) is 5.01. The number of fused-ring (bicyclic) bond motifs is 3. The molecule has 2 nitrogen and oxygen atoms in total. The topological polar surface area (TPSA) is 36.0 Å². The molecule has 0 bridgehead atoms. The molecule has 0 saturated carbocycles. The molecule has 0 aliphatic heterocycles. The first-order valence-corrected chi connectivity index (χ1v) is 8.32. The predicted octanol–water partition coefficient (Wildman–Crippen LogP) is 5.23. The van der Waals surface area contributed by atoms with Crippen LogP contribution in [0.5, 0.6) is 0 Å². The Morgan fingerprint density at radius 1 is 1.00 bits per heavy atom. The van der Waals surface area contributed by atoms with E-state index in [1.165, 1.54) is 5.39 Å². The summed E-state index contributed by atoms with van der Waals surface area (Å²) < 4.78 is 0.957. The Morgan fingerprint density at radius 2 is 1.81 bits per heavy atom. The second kappa shape index (κ2) is 4.98. The fourth-order valence-electron chi connectivity index (χ4n) is 2.69. The molecule has 2 N–H and O–H groups in total. The SMILES string of the molecule is OC(c1ccc2[nH]c3ccccc3c2c1)c1sccc1Br. The molecule has 4 rings (SSSR count). The number of rotatable bonds is 2. The molecule has 1 unspecified atom stereocenters.